The van der Waals surface area contributed by atoms with E-state index in [1.54, 1.807) is 0 Å². The van der Waals surface area contributed by atoms with E-state index in [0.717, 1.165) is 60.1 Å². The van der Waals surface area contributed by atoms with Crippen LogP contribution in [0.3, 0.4) is 0 Å². The summed E-state index contributed by atoms with van der Waals surface area (Å²) >= 11 is 0. The van der Waals surface area contributed by atoms with Crippen LogP contribution in [0, 0.1) is 20.8 Å². The van der Waals surface area contributed by atoms with Crippen molar-refractivity contribution in [3.05, 3.63) is 71.1 Å². The van der Waals surface area contributed by atoms with Crippen molar-refractivity contribution in [1.29, 1.82) is 0 Å². The van der Waals surface area contributed by atoms with Crippen LogP contribution >= 0.6 is 0 Å². The Kier molecular flexibility index (Phi) is 4.94. The van der Waals surface area contributed by atoms with Crippen molar-refractivity contribution in [3.63, 3.8) is 0 Å². The molecule has 1 fully saturated rings. The number of likely N-dealkylation sites (tertiary alicyclic amines) is 1. The van der Waals surface area contributed by atoms with E-state index in [2.05, 4.69) is 15.1 Å². The van der Waals surface area contributed by atoms with Gasteiger partial charge < -0.3 is 4.90 Å². The zero-order valence-corrected chi connectivity index (χ0v) is 16.6. The molecule has 1 amide bonds. The number of carbonyl (C=O) groups is 1. The van der Waals surface area contributed by atoms with Gasteiger partial charge >= 0.3 is 0 Å². The van der Waals surface area contributed by atoms with Crippen molar-refractivity contribution in [1.82, 2.24) is 24.6 Å². The first kappa shape index (κ1) is 18.3. The first-order valence-electron chi connectivity index (χ1n) is 9.74. The van der Waals surface area contributed by atoms with Crippen molar-refractivity contribution in [2.75, 3.05) is 13.1 Å². The van der Waals surface area contributed by atoms with E-state index in [4.69, 9.17) is 0 Å². The number of rotatable bonds is 3. The predicted molar refractivity (Wildman–Crippen MR) is 108 cm³/mol. The molecule has 0 bridgehead atoms. The molecule has 1 aliphatic heterocycles. The van der Waals surface area contributed by atoms with Crippen molar-refractivity contribution < 1.29 is 4.79 Å². The quantitative estimate of drug-likeness (QED) is 0.702. The lowest BCUT2D eigenvalue weighted by atomic mass is 9.93. The van der Waals surface area contributed by atoms with Crippen LogP contribution in [0.1, 0.15) is 52.0 Å². The Hall–Kier alpha value is -3.02. The van der Waals surface area contributed by atoms with E-state index in [-0.39, 0.29) is 5.91 Å². The molecule has 28 heavy (non-hydrogen) atoms. The highest BCUT2D eigenvalue weighted by Gasteiger charge is 2.25. The van der Waals surface area contributed by atoms with E-state index in [9.17, 15) is 4.79 Å². The lowest BCUT2D eigenvalue weighted by Gasteiger charge is -2.32. The molecule has 6 heteroatoms. The van der Waals surface area contributed by atoms with Crippen molar-refractivity contribution >= 4 is 5.91 Å². The Bertz CT molecular complexity index is 984. The van der Waals surface area contributed by atoms with Gasteiger partial charge in [0.1, 0.15) is 5.82 Å². The fraction of sp³-hybridized carbons (Fsp3) is 0.364. The van der Waals surface area contributed by atoms with Crippen LogP contribution in [-0.4, -0.2) is 43.6 Å². The molecule has 6 nitrogen and oxygen atoms in total. The molecular formula is C22H25N5O. The summed E-state index contributed by atoms with van der Waals surface area (Å²) in [5.41, 5.74) is 4.86. The maximum Gasteiger partial charge on any atom is 0.253 e. The second-order valence-corrected chi connectivity index (χ2v) is 7.48. The maximum absolute atomic E-state index is 12.9. The van der Waals surface area contributed by atoms with Gasteiger partial charge in [-0.25, -0.2) is 14.6 Å². The van der Waals surface area contributed by atoms with Crippen molar-refractivity contribution in [2.24, 2.45) is 0 Å². The third-order valence-electron chi connectivity index (χ3n) is 5.37. The molecule has 0 N–H and O–H groups in total. The van der Waals surface area contributed by atoms with Gasteiger partial charge in [-0.05, 0) is 70.0 Å². The lowest BCUT2D eigenvalue weighted by Crippen LogP contribution is -2.38. The maximum atomic E-state index is 12.9. The van der Waals surface area contributed by atoms with Gasteiger partial charge in [0.25, 0.3) is 5.91 Å². The SMILES string of the molecule is Cc1cc(C)n(-c2ccc(C(=O)N3CCC(c4ccnc(C)n4)CC3)cc2)n1. The largest absolute Gasteiger partial charge is 0.339 e. The topological polar surface area (TPSA) is 63.9 Å². The zero-order valence-electron chi connectivity index (χ0n) is 16.6. The van der Waals surface area contributed by atoms with Crippen LogP contribution in [0.2, 0.25) is 0 Å². The first-order chi connectivity index (χ1) is 13.5. The minimum atomic E-state index is 0.0947. The van der Waals surface area contributed by atoms with E-state index < -0.39 is 0 Å². The average molecular weight is 375 g/mol. The lowest BCUT2D eigenvalue weighted by molar-refractivity contribution is 0.0712. The minimum absolute atomic E-state index is 0.0947. The highest BCUT2D eigenvalue weighted by atomic mass is 16.2. The fourth-order valence-corrected chi connectivity index (χ4v) is 3.90. The monoisotopic (exact) mass is 375 g/mol. The molecule has 3 heterocycles. The average Bonchev–Trinajstić information content (AvgIpc) is 3.06. The fourth-order valence-electron chi connectivity index (χ4n) is 3.90. The van der Waals surface area contributed by atoms with Crippen LogP contribution < -0.4 is 0 Å². The third kappa shape index (κ3) is 3.67. The van der Waals surface area contributed by atoms with Gasteiger partial charge in [0.15, 0.2) is 0 Å². The number of piperidine rings is 1. The first-order valence-corrected chi connectivity index (χ1v) is 9.74. The van der Waals surface area contributed by atoms with E-state index >= 15 is 0 Å². The summed E-state index contributed by atoms with van der Waals surface area (Å²) in [5.74, 6) is 1.30. The van der Waals surface area contributed by atoms with Gasteiger partial charge in [-0.1, -0.05) is 0 Å². The number of aromatic nitrogens is 4. The van der Waals surface area contributed by atoms with Crippen LogP contribution in [0.25, 0.3) is 5.69 Å². The van der Waals surface area contributed by atoms with E-state index in [1.807, 2.05) is 72.9 Å². The molecule has 1 aliphatic rings. The number of benzene rings is 1. The highest BCUT2D eigenvalue weighted by molar-refractivity contribution is 5.94. The number of hydrogen-bond acceptors (Lipinski definition) is 4. The molecular weight excluding hydrogens is 350 g/mol. The van der Waals surface area contributed by atoms with E-state index in [0.29, 0.717) is 5.92 Å². The number of hydrogen-bond donors (Lipinski definition) is 0. The Morgan fingerprint density at radius 3 is 2.36 bits per heavy atom. The molecule has 2 aromatic heterocycles. The van der Waals surface area contributed by atoms with Gasteiger partial charge in [0.05, 0.1) is 11.4 Å². The third-order valence-corrected chi connectivity index (χ3v) is 5.37. The van der Waals surface area contributed by atoms with E-state index in [1.165, 1.54) is 0 Å². The Morgan fingerprint density at radius 2 is 1.75 bits per heavy atom. The van der Waals surface area contributed by atoms with Crippen LogP contribution in [0.5, 0.6) is 0 Å². The second kappa shape index (κ2) is 7.54. The van der Waals surface area contributed by atoms with Gasteiger partial charge in [-0.15, -0.1) is 0 Å². The zero-order chi connectivity index (χ0) is 19.7. The van der Waals surface area contributed by atoms with Gasteiger partial charge in [-0.2, -0.15) is 5.10 Å². The molecule has 0 unspecified atom stereocenters. The summed E-state index contributed by atoms with van der Waals surface area (Å²) in [5, 5.41) is 4.50. The number of aryl methyl sites for hydroxylation is 3. The molecule has 0 radical (unpaired) electrons. The normalized spacial score (nSPS) is 15.0. The second-order valence-electron chi connectivity index (χ2n) is 7.48. The van der Waals surface area contributed by atoms with Crippen molar-refractivity contribution in [3.8, 4) is 5.69 Å². The van der Waals surface area contributed by atoms with Crippen LogP contribution in [0.15, 0.2) is 42.6 Å². The van der Waals surface area contributed by atoms with Crippen LogP contribution in [0.4, 0.5) is 0 Å². The standard InChI is InChI=1S/C22H25N5O/c1-15-14-16(2)27(25-15)20-6-4-19(5-7-20)22(28)26-12-9-18(10-13-26)21-8-11-23-17(3)24-21/h4-8,11,14,18H,9-10,12-13H2,1-3H3. The van der Waals surface area contributed by atoms with Gasteiger partial charge in [0.2, 0.25) is 0 Å². The van der Waals surface area contributed by atoms with Crippen LogP contribution in [-0.2, 0) is 0 Å². The van der Waals surface area contributed by atoms with Crippen molar-refractivity contribution in [2.45, 2.75) is 39.5 Å². The molecule has 3 aromatic rings. The minimum Gasteiger partial charge on any atom is -0.339 e. The van der Waals surface area contributed by atoms with Gasteiger partial charge in [-0.3, -0.25) is 4.79 Å². The Labute approximate surface area is 165 Å². The molecule has 144 valence electrons. The van der Waals surface area contributed by atoms with Gasteiger partial charge in [0, 0.05) is 42.2 Å². The summed E-state index contributed by atoms with van der Waals surface area (Å²) in [7, 11) is 0. The molecule has 0 spiro atoms. The predicted octanol–water partition coefficient (Wildman–Crippen LogP) is 3.61. The summed E-state index contributed by atoms with van der Waals surface area (Å²) in [6.07, 6.45) is 3.69. The number of nitrogens with zero attached hydrogens (tertiary/aromatic N) is 5. The summed E-state index contributed by atoms with van der Waals surface area (Å²) in [4.78, 5) is 23.6. The molecule has 0 aliphatic carbocycles. The smallest absolute Gasteiger partial charge is 0.253 e. The number of carbonyl (C=O) groups excluding carboxylic acids is 1. The molecule has 0 atom stereocenters. The molecule has 1 aromatic carbocycles. The summed E-state index contributed by atoms with van der Waals surface area (Å²) < 4.78 is 1.90. The Balaban J connectivity index is 1.42. The number of amides is 1. The summed E-state index contributed by atoms with van der Waals surface area (Å²) in [6, 6.07) is 11.8. The summed E-state index contributed by atoms with van der Waals surface area (Å²) in [6.45, 7) is 7.44. The Morgan fingerprint density at radius 1 is 1.04 bits per heavy atom. The molecule has 1 saturated heterocycles. The highest BCUT2D eigenvalue weighted by Crippen LogP contribution is 2.27. The molecule has 0 saturated carbocycles. The molecule has 4 rings (SSSR count).